The highest BCUT2D eigenvalue weighted by Crippen LogP contribution is 2.45. The fraction of sp³-hybridized carbons (Fsp3) is 0.406. The Morgan fingerprint density at radius 2 is 1.82 bits per heavy atom. The number of halogens is 1. The van der Waals surface area contributed by atoms with Crippen molar-refractivity contribution in [3.63, 3.8) is 0 Å². The molecule has 0 aliphatic heterocycles. The maximum Gasteiger partial charge on any atom is 0.303 e. The van der Waals surface area contributed by atoms with Crippen LogP contribution in [0, 0.1) is 17.2 Å². The molecular formula is C32H37FO5. The molecular weight excluding hydrogens is 483 g/mol. The van der Waals surface area contributed by atoms with Crippen LogP contribution in [0.3, 0.4) is 0 Å². The Kier molecular flexibility index (Phi) is 8.41. The van der Waals surface area contributed by atoms with Crippen molar-refractivity contribution in [1.29, 1.82) is 0 Å². The third kappa shape index (κ3) is 6.36. The molecule has 0 aromatic heterocycles. The minimum Gasteiger partial charge on any atom is -0.497 e. The van der Waals surface area contributed by atoms with Crippen molar-refractivity contribution in [2.75, 3.05) is 13.7 Å². The SMILES string of the molecule is COc1ccc(F)c(-c2ccc(COc3cccc([C@H](CC(=O)O)C4CC4)c3)cc2C(C)C(C)(C)CO)c1. The average Bonchev–Trinajstić information content (AvgIpc) is 3.76. The number of carboxylic acids is 1. The topological polar surface area (TPSA) is 76.0 Å². The lowest BCUT2D eigenvalue weighted by molar-refractivity contribution is -0.137. The Labute approximate surface area is 224 Å². The van der Waals surface area contributed by atoms with E-state index in [1.54, 1.807) is 19.2 Å². The first-order valence-corrected chi connectivity index (χ1v) is 13.1. The number of aliphatic hydroxyl groups is 1. The fourth-order valence-corrected chi connectivity index (χ4v) is 4.95. The van der Waals surface area contributed by atoms with Gasteiger partial charge in [-0.25, -0.2) is 4.39 Å². The highest BCUT2D eigenvalue weighted by atomic mass is 19.1. The van der Waals surface area contributed by atoms with E-state index in [0.29, 0.717) is 29.6 Å². The zero-order chi connectivity index (χ0) is 27.4. The number of hydrogen-bond acceptors (Lipinski definition) is 4. The predicted octanol–water partition coefficient (Wildman–Crippen LogP) is 7.17. The number of aliphatic hydroxyl groups excluding tert-OH is 1. The van der Waals surface area contributed by atoms with Gasteiger partial charge in [0.1, 0.15) is 23.9 Å². The fourth-order valence-electron chi connectivity index (χ4n) is 4.95. The number of hydrogen-bond donors (Lipinski definition) is 2. The monoisotopic (exact) mass is 520 g/mol. The van der Waals surface area contributed by atoms with Gasteiger partial charge in [-0.15, -0.1) is 0 Å². The highest BCUT2D eigenvalue weighted by molar-refractivity contribution is 5.71. The molecule has 1 fully saturated rings. The number of methoxy groups -OCH3 is 1. The number of carboxylic acid groups (broad SMARTS) is 1. The van der Waals surface area contributed by atoms with Crippen LogP contribution in [0.25, 0.3) is 11.1 Å². The maximum absolute atomic E-state index is 15.0. The van der Waals surface area contributed by atoms with Gasteiger partial charge in [0.25, 0.3) is 0 Å². The molecule has 0 spiro atoms. The summed E-state index contributed by atoms with van der Waals surface area (Å²) in [5.41, 5.74) is 3.60. The lowest BCUT2D eigenvalue weighted by Crippen LogP contribution is -2.25. The summed E-state index contributed by atoms with van der Waals surface area (Å²) in [4.78, 5) is 11.4. The summed E-state index contributed by atoms with van der Waals surface area (Å²) in [6.07, 6.45) is 2.25. The Hall–Kier alpha value is -3.38. The third-order valence-corrected chi connectivity index (χ3v) is 7.90. The molecule has 202 valence electrons. The molecule has 3 aromatic rings. The van der Waals surface area contributed by atoms with Crippen molar-refractivity contribution in [1.82, 2.24) is 0 Å². The van der Waals surface area contributed by atoms with Gasteiger partial charge in [0.05, 0.1) is 13.5 Å². The lowest BCUT2D eigenvalue weighted by Gasteiger charge is -2.32. The Balaban J connectivity index is 1.63. The predicted molar refractivity (Wildman–Crippen MR) is 146 cm³/mol. The summed E-state index contributed by atoms with van der Waals surface area (Å²) in [7, 11) is 1.55. The Morgan fingerprint density at radius 1 is 1.05 bits per heavy atom. The van der Waals surface area contributed by atoms with Gasteiger partial charge in [-0.3, -0.25) is 4.79 Å². The summed E-state index contributed by atoms with van der Waals surface area (Å²) in [5.74, 6) is 0.479. The summed E-state index contributed by atoms with van der Waals surface area (Å²) in [6, 6.07) is 18.3. The number of rotatable bonds is 12. The van der Waals surface area contributed by atoms with Crippen LogP contribution in [0.1, 0.15) is 68.6 Å². The van der Waals surface area contributed by atoms with Gasteiger partial charge in [-0.2, -0.15) is 0 Å². The zero-order valence-corrected chi connectivity index (χ0v) is 22.5. The summed E-state index contributed by atoms with van der Waals surface area (Å²) < 4.78 is 26.4. The van der Waals surface area contributed by atoms with E-state index in [1.807, 2.05) is 63.2 Å². The summed E-state index contributed by atoms with van der Waals surface area (Å²) in [6.45, 7) is 6.31. The van der Waals surface area contributed by atoms with Crippen molar-refractivity contribution < 1.29 is 28.9 Å². The summed E-state index contributed by atoms with van der Waals surface area (Å²) >= 11 is 0. The van der Waals surface area contributed by atoms with E-state index in [9.17, 15) is 19.4 Å². The highest BCUT2D eigenvalue weighted by Gasteiger charge is 2.34. The molecule has 1 unspecified atom stereocenters. The second-order valence-electron chi connectivity index (χ2n) is 11.0. The van der Waals surface area contributed by atoms with E-state index in [1.165, 1.54) is 6.07 Å². The summed E-state index contributed by atoms with van der Waals surface area (Å²) in [5, 5.41) is 19.4. The van der Waals surface area contributed by atoms with Gasteiger partial charge in [0, 0.05) is 12.2 Å². The van der Waals surface area contributed by atoms with E-state index < -0.39 is 11.4 Å². The van der Waals surface area contributed by atoms with Gasteiger partial charge < -0.3 is 19.7 Å². The first kappa shape index (κ1) is 27.6. The van der Waals surface area contributed by atoms with Gasteiger partial charge in [0.15, 0.2) is 0 Å². The zero-order valence-electron chi connectivity index (χ0n) is 22.5. The Morgan fingerprint density at radius 3 is 2.47 bits per heavy atom. The number of benzene rings is 3. The van der Waals surface area contributed by atoms with Crippen LogP contribution in [-0.2, 0) is 11.4 Å². The van der Waals surface area contributed by atoms with Crippen LogP contribution in [0.2, 0.25) is 0 Å². The minimum absolute atomic E-state index is 0.00117. The van der Waals surface area contributed by atoms with Crippen molar-refractivity contribution in [3.05, 3.63) is 83.2 Å². The van der Waals surface area contributed by atoms with Crippen molar-refractivity contribution >= 4 is 5.97 Å². The van der Waals surface area contributed by atoms with Crippen LogP contribution < -0.4 is 9.47 Å². The van der Waals surface area contributed by atoms with Gasteiger partial charge in [-0.1, -0.05) is 51.1 Å². The standard InChI is InChI=1S/C32H37FO5/c1-20(32(2,3)19-34)27-14-21(8-12-26(27)29-16-24(37-4)11-13-30(29)33)18-38-25-7-5-6-23(15-25)28(17-31(35)36)22-9-10-22/h5-8,11-16,20,22,28,34H,9-10,17-19H2,1-4H3,(H,35,36)/t20?,28-/m1/s1. The number of carbonyl (C=O) groups is 1. The molecule has 0 amide bonds. The number of ether oxygens (including phenoxy) is 2. The second kappa shape index (κ2) is 11.6. The molecule has 3 aromatic carbocycles. The van der Waals surface area contributed by atoms with Crippen LogP contribution in [0.5, 0.6) is 11.5 Å². The average molecular weight is 521 g/mol. The molecule has 4 rings (SSSR count). The van der Waals surface area contributed by atoms with Crippen molar-refractivity contribution in [2.45, 2.75) is 58.5 Å². The van der Waals surface area contributed by atoms with Gasteiger partial charge in [-0.05, 0) is 88.6 Å². The van der Waals surface area contributed by atoms with E-state index in [2.05, 4.69) is 0 Å². The molecule has 38 heavy (non-hydrogen) atoms. The van der Waals surface area contributed by atoms with Crippen LogP contribution in [0.4, 0.5) is 4.39 Å². The van der Waals surface area contributed by atoms with E-state index in [0.717, 1.165) is 35.1 Å². The Bertz CT molecular complexity index is 1280. The number of aliphatic carboxylic acids is 1. The van der Waals surface area contributed by atoms with Crippen molar-refractivity contribution in [2.24, 2.45) is 11.3 Å². The molecule has 1 aliphatic carbocycles. The molecule has 1 aliphatic rings. The van der Waals surface area contributed by atoms with E-state index in [-0.39, 0.29) is 30.7 Å². The molecule has 6 heteroatoms. The van der Waals surface area contributed by atoms with Gasteiger partial charge in [0.2, 0.25) is 0 Å². The molecule has 2 atom stereocenters. The second-order valence-corrected chi connectivity index (χ2v) is 11.0. The molecule has 0 radical (unpaired) electrons. The molecule has 1 saturated carbocycles. The smallest absolute Gasteiger partial charge is 0.303 e. The molecule has 0 saturated heterocycles. The minimum atomic E-state index is -0.784. The van der Waals surface area contributed by atoms with E-state index in [4.69, 9.17) is 9.47 Å². The first-order valence-electron chi connectivity index (χ1n) is 13.1. The largest absolute Gasteiger partial charge is 0.497 e. The van der Waals surface area contributed by atoms with Gasteiger partial charge >= 0.3 is 5.97 Å². The van der Waals surface area contributed by atoms with E-state index >= 15 is 0 Å². The normalized spacial score (nSPS) is 15.1. The lowest BCUT2D eigenvalue weighted by atomic mass is 9.74. The molecule has 2 N–H and O–H groups in total. The quantitative estimate of drug-likeness (QED) is 0.265. The molecule has 0 bridgehead atoms. The molecule has 0 heterocycles. The molecule has 5 nitrogen and oxygen atoms in total. The van der Waals surface area contributed by atoms with Crippen molar-refractivity contribution in [3.8, 4) is 22.6 Å². The van der Waals surface area contributed by atoms with Crippen LogP contribution in [-0.4, -0.2) is 29.9 Å². The first-order chi connectivity index (χ1) is 18.1. The van der Waals surface area contributed by atoms with Crippen LogP contribution in [0.15, 0.2) is 60.7 Å². The third-order valence-electron chi connectivity index (χ3n) is 7.90. The maximum atomic E-state index is 15.0. The van der Waals surface area contributed by atoms with Crippen LogP contribution >= 0.6 is 0 Å².